The van der Waals surface area contributed by atoms with Gasteiger partial charge in [-0.3, -0.25) is 0 Å². The Morgan fingerprint density at radius 2 is 2.00 bits per heavy atom. The van der Waals surface area contributed by atoms with Gasteiger partial charge in [-0.15, -0.1) is 0 Å². The van der Waals surface area contributed by atoms with Crippen LogP contribution in [0.5, 0.6) is 0 Å². The van der Waals surface area contributed by atoms with Gasteiger partial charge in [0.25, 0.3) is 0 Å². The fraction of sp³-hybridized carbons (Fsp3) is 0.615. The minimum absolute atomic E-state index is 0.167. The van der Waals surface area contributed by atoms with Crippen LogP contribution in [0.25, 0.3) is 0 Å². The molecule has 0 aromatic carbocycles. The first kappa shape index (κ1) is 13.6. The second kappa shape index (κ2) is 5.24. The largest absolute Gasteiger partial charge is 0.384 e. The lowest BCUT2D eigenvalue weighted by atomic mass is 10.0. The number of nitriles is 1. The third kappa shape index (κ3) is 2.29. The van der Waals surface area contributed by atoms with E-state index in [-0.39, 0.29) is 6.04 Å². The van der Waals surface area contributed by atoms with Crippen LogP contribution in [0.2, 0.25) is 0 Å². The van der Waals surface area contributed by atoms with Crippen LogP contribution in [0, 0.1) is 31.1 Å². The van der Waals surface area contributed by atoms with E-state index in [0.29, 0.717) is 23.9 Å². The normalized spacial score (nSPS) is 12.8. The van der Waals surface area contributed by atoms with Crippen LogP contribution in [0.4, 0.5) is 5.82 Å². The average Bonchev–Trinajstić information content (AvgIpc) is 2.48. The molecule has 1 rings (SSSR count). The summed E-state index contributed by atoms with van der Waals surface area (Å²) in [4.78, 5) is 0. The Morgan fingerprint density at radius 3 is 2.35 bits per heavy atom. The Labute approximate surface area is 103 Å². The molecule has 2 N–H and O–H groups in total. The first-order valence-corrected chi connectivity index (χ1v) is 5.81. The predicted molar refractivity (Wildman–Crippen MR) is 68.8 cm³/mol. The molecule has 94 valence electrons. The van der Waals surface area contributed by atoms with Crippen LogP contribution in [0.3, 0.4) is 0 Å². The summed E-state index contributed by atoms with van der Waals surface area (Å²) in [6.45, 7) is 8.79. The minimum Gasteiger partial charge on any atom is -0.384 e. The molecule has 0 fully saturated rings. The number of ether oxygens (including phenoxy) is 1. The summed E-state index contributed by atoms with van der Waals surface area (Å²) in [6, 6.07) is 2.34. The number of hydrogen-bond acceptors (Lipinski definition) is 3. The topological polar surface area (TPSA) is 64.0 Å². The van der Waals surface area contributed by atoms with Crippen LogP contribution in [-0.4, -0.2) is 18.3 Å². The van der Waals surface area contributed by atoms with E-state index in [9.17, 15) is 0 Å². The van der Waals surface area contributed by atoms with Crippen molar-refractivity contribution in [3.63, 3.8) is 0 Å². The van der Waals surface area contributed by atoms with Crippen molar-refractivity contribution in [1.82, 2.24) is 4.57 Å². The van der Waals surface area contributed by atoms with Gasteiger partial charge in [-0.25, -0.2) is 0 Å². The van der Waals surface area contributed by atoms with E-state index in [1.165, 1.54) is 0 Å². The summed E-state index contributed by atoms with van der Waals surface area (Å²) in [6.07, 6.45) is 0. The summed E-state index contributed by atoms with van der Waals surface area (Å²) in [5.41, 5.74) is 8.67. The maximum atomic E-state index is 9.11. The zero-order chi connectivity index (χ0) is 13.2. The quantitative estimate of drug-likeness (QED) is 0.871. The second-order valence-corrected chi connectivity index (χ2v) is 4.72. The molecule has 0 spiro atoms. The molecule has 0 aliphatic carbocycles. The predicted octanol–water partition coefficient (Wildman–Crippen LogP) is 2.40. The number of methoxy groups -OCH3 is 1. The number of nitrogens with two attached hydrogens (primary N) is 1. The highest BCUT2D eigenvalue weighted by Crippen LogP contribution is 2.30. The van der Waals surface area contributed by atoms with Gasteiger partial charge in [-0.2, -0.15) is 5.26 Å². The standard InChI is InChI=1S/C13H21N3O/c1-8(2)12(7-17-5)16-10(4)9(3)11(6-14)13(16)15/h8,12H,7,15H2,1-5H3. The maximum Gasteiger partial charge on any atom is 0.122 e. The van der Waals surface area contributed by atoms with Gasteiger partial charge < -0.3 is 15.0 Å². The summed E-state index contributed by atoms with van der Waals surface area (Å²) >= 11 is 0. The molecule has 0 bridgehead atoms. The molecule has 1 heterocycles. The van der Waals surface area contributed by atoms with Crippen LogP contribution >= 0.6 is 0 Å². The van der Waals surface area contributed by atoms with E-state index >= 15 is 0 Å². The Bertz CT molecular complexity index is 440. The molecular weight excluding hydrogens is 214 g/mol. The molecule has 0 saturated carbocycles. The zero-order valence-electron chi connectivity index (χ0n) is 11.2. The second-order valence-electron chi connectivity index (χ2n) is 4.72. The lowest BCUT2D eigenvalue weighted by Crippen LogP contribution is -2.22. The van der Waals surface area contributed by atoms with E-state index in [1.54, 1.807) is 7.11 Å². The molecule has 17 heavy (non-hydrogen) atoms. The van der Waals surface area contributed by atoms with Gasteiger partial charge in [0, 0.05) is 12.8 Å². The summed E-state index contributed by atoms with van der Waals surface area (Å²) < 4.78 is 7.28. The van der Waals surface area contributed by atoms with E-state index < -0.39 is 0 Å². The first-order valence-electron chi connectivity index (χ1n) is 5.81. The van der Waals surface area contributed by atoms with Crippen LogP contribution in [0.15, 0.2) is 0 Å². The molecule has 4 nitrogen and oxygen atoms in total. The van der Waals surface area contributed by atoms with E-state index in [1.807, 2.05) is 18.4 Å². The third-order valence-corrected chi connectivity index (χ3v) is 3.35. The van der Waals surface area contributed by atoms with Crippen molar-refractivity contribution in [1.29, 1.82) is 5.26 Å². The van der Waals surface area contributed by atoms with Crippen molar-refractivity contribution in [2.45, 2.75) is 33.7 Å². The fourth-order valence-electron chi connectivity index (χ4n) is 2.16. The molecule has 0 saturated heterocycles. The highest BCUT2D eigenvalue weighted by Gasteiger charge is 2.23. The summed E-state index contributed by atoms with van der Waals surface area (Å²) in [5, 5.41) is 9.11. The third-order valence-electron chi connectivity index (χ3n) is 3.35. The van der Waals surface area contributed by atoms with E-state index in [4.69, 9.17) is 15.7 Å². The molecular formula is C13H21N3O. The number of nitrogen functional groups attached to an aromatic ring is 1. The van der Waals surface area contributed by atoms with Crippen molar-refractivity contribution in [2.75, 3.05) is 19.5 Å². The molecule has 1 unspecified atom stereocenters. The molecule has 1 aromatic rings. The van der Waals surface area contributed by atoms with Crippen molar-refractivity contribution >= 4 is 5.82 Å². The molecule has 1 aromatic heterocycles. The lowest BCUT2D eigenvalue weighted by molar-refractivity contribution is 0.133. The SMILES string of the molecule is COCC(C(C)C)n1c(C)c(C)c(C#N)c1N. The Hall–Kier alpha value is -1.47. The molecule has 0 radical (unpaired) electrons. The van der Waals surface area contributed by atoms with Gasteiger partial charge in [-0.05, 0) is 25.3 Å². The molecule has 1 atom stereocenters. The van der Waals surface area contributed by atoms with Gasteiger partial charge in [0.05, 0.1) is 18.2 Å². The lowest BCUT2D eigenvalue weighted by Gasteiger charge is -2.25. The van der Waals surface area contributed by atoms with Gasteiger partial charge in [0.2, 0.25) is 0 Å². The van der Waals surface area contributed by atoms with Crippen molar-refractivity contribution < 1.29 is 4.74 Å². The molecule has 4 heteroatoms. The average molecular weight is 235 g/mol. The monoisotopic (exact) mass is 235 g/mol. The highest BCUT2D eigenvalue weighted by atomic mass is 16.5. The molecule has 0 aliphatic rings. The van der Waals surface area contributed by atoms with Crippen molar-refractivity contribution in [2.24, 2.45) is 5.92 Å². The van der Waals surface area contributed by atoms with Gasteiger partial charge in [0.1, 0.15) is 11.9 Å². The molecule has 0 amide bonds. The van der Waals surface area contributed by atoms with Crippen LogP contribution in [0.1, 0.15) is 36.7 Å². The fourth-order valence-corrected chi connectivity index (χ4v) is 2.16. The van der Waals surface area contributed by atoms with Crippen LogP contribution in [-0.2, 0) is 4.74 Å². The number of hydrogen-bond donors (Lipinski definition) is 1. The smallest absolute Gasteiger partial charge is 0.122 e. The van der Waals surface area contributed by atoms with Crippen molar-refractivity contribution in [3.05, 3.63) is 16.8 Å². The van der Waals surface area contributed by atoms with Crippen molar-refractivity contribution in [3.8, 4) is 6.07 Å². The first-order chi connectivity index (χ1) is 7.95. The Kier molecular flexibility index (Phi) is 4.19. The summed E-state index contributed by atoms with van der Waals surface area (Å²) in [7, 11) is 1.68. The summed E-state index contributed by atoms with van der Waals surface area (Å²) in [5.74, 6) is 0.951. The van der Waals surface area contributed by atoms with Crippen LogP contribution < -0.4 is 5.73 Å². The molecule has 0 aliphatic heterocycles. The Balaban J connectivity index is 3.34. The number of aromatic nitrogens is 1. The van der Waals surface area contributed by atoms with E-state index in [0.717, 1.165) is 11.3 Å². The Morgan fingerprint density at radius 1 is 1.41 bits per heavy atom. The maximum absolute atomic E-state index is 9.11. The highest BCUT2D eigenvalue weighted by molar-refractivity contribution is 5.58. The van der Waals surface area contributed by atoms with Gasteiger partial charge in [-0.1, -0.05) is 13.8 Å². The number of rotatable bonds is 4. The number of nitrogens with zero attached hydrogens (tertiary/aromatic N) is 2. The number of anilines is 1. The minimum atomic E-state index is 0.167. The zero-order valence-corrected chi connectivity index (χ0v) is 11.2. The van der Waals surface area contributed by atoms with Gasteiger partial charge >= 0.3 is 0 Å². The van der Waals surface area contributed by atoms with E-state index in [2.05, 4.69) is 19.9 Å². The van der Waals surface area contributed by atoms with Gasteiger partial charge in [0.15, 0.2) is 0 Å².